The fourth-order valence-corrected chi connectivity index (χ4v) is 23.8. The van der Waals surface area contributed by atoms with Gasteiger partial charge in [0.2, 0.25) is 0 Å². The lowest BCUT2D eigenvalue weighted by atomic mass is 10.2. The molecule has 0 saturated carbocycles. The van der Waals surface area contributed by atoms with Gasteiger partial charge in [0.25, 0.3) is 0 Å². The van der Waals surface area contributed by atoms with E-state index in [1.807, 2.05) is 135 Å². The molecule has 0 rings (SSSR count). The van der Waals surface area contributed by atoms with Crippen molar-refractivity contribution in [3.05, 3.63) is 0 Å². The third-order valence-corrected chi connectivity index (χ3v) is 20.0. The maximum atomic E-state index is 6.91. The molecule has 0 amide bonds. The molecule has 0 aromatic carbocycles. The Balaban J connectivity index is 6.96. The average Bonchev–Trinajstić information content (AvgIpc) is 2.29. The highest BCUT2D eigenvalue weighted by Gasteiger charge is 2.62. The maximum Gasteiger partial charge on any atom is 0.643 e. The number of hydrogen-bond donors (Lipinski definition) is 0. The Morgan fingerprint density at radius 1 is 0.297 bits per heavy atom. The van der Waals surface area contributed by atoms with Crippen molar-refractivity contribution in [3.63, 3.8) is 0 Å². The van der Waals surface area contributed by atoms with E-state index < -0.39 is 65.7 Å². The van der Waals surface area contributed by atoms with Gasteiger partial charge in [-0.25, -0.2) is 0 Å². The van der Waals surface area contributed by atoms with Crippen LogP contribution < -0.4 is 0 Å². The van der Waals surface area contributed by atoms with Crippen LogP contribution in [-0.4, -0.2) is 65.7 Å². The Hall–Kier alpha value is 0.764. The van der Waals surface area contributed by atoms with E-state index in [1.165, 1.54) is 0 Å². The highest BCUT2D eigenvalue weighted by molar-refractivity contribution is 6.88. The summed E-state index contributed by atoms with van der Waals surface area (Å²) in [5.74, 6) is 0. The molecular weight excluding hydrogens is 557 g/mol. The van der Waals surface area contributed by atoms with Gasteiger partial charge in [-0.05, 0) is 135 Å². The predicted octanol–water partition coefficient (Wildman–Crippen LogP) is 7.56. The van der Waals surface area contributed by atoms with Crippen molar-refractivity contribution >= 4 is 43.3 Å². The zero-order valence-electron chi connectivity index (χ0n) is 27.8. The van der Waals surface area contributed by atoms with E-state index in [2.05, 4.69) is 0 Å². The van der Waals surface area contributed by atoms with Crippen molar-refractivity contribution in [1.82, 2.24) is 0 Å². The van der Waals surface area contributed by atoms with Crippen LogP contribution in [0.1, 0.15) is 83.1 Å². The molecule has 0 aromatic heterocycles. The fraction of sp³-hybridized carbons (Fsp3) is 1.00. The molecule has 0 heterocycles. The highest BCUT2D eigenvalue weighted by atomic mass is 28.6. The predicted molar refractivity (Wildman–Crippen MR) is 163 cm³/mol. The number of hydrogen-bond acceptors (Lipinski definition) is 8. The molecule has 0 aliphatic carbocycles. The minimum absolute atomic E-state index is 0.422. The van der Waals surface area contributed by atoms with Crippen LogP contribution in [0.15, 0.2) is 0 Å². The molecule has 37 heavy (non-hydrogen) atoms. The average molecular weight is 617 g/mol. The molecule has 0 aliphatic heterocycles. The van der Waals surface area contributed by atoms with Crippen molar-refractivity contribution in [3.8, 4) is 0 Å². The normalized spacial score (nSPS) is 15.9. The summed E-state index contributed by atoms with van der Waals surface area (Å²) in [7, 11) is -15.4. The van der Waals surface area contributed by atoms with Gasteiger partial charge < -0.3 is 34.2 Å². The first-order chi connectivity index (χ1) is 15.7. The van der Waals surface area contributed by atoms with E-state index >= 15 is 0 Å². The first kappa shape index (κ1) is 37.8. The Kier molecular flexibility index (Phi) is 12.2. The van der Waals surface area contributed by atoms with E-state index in [0.29, 0.717) is 0 Å². The molecule has 8 nitrogen and oxygen atoms in total. The topological polar surface area (TPSA) is 73.8 Å². The van der Waals surface area contributed by atoms with Crippen molar-refractivity contribution in [2.45, 2.75) is 158 Å². The second-order valence-electron chi connectivity index (χ2n) is 15.4. The standard InChI is InChI=1S/C24H60O8Si5/c1-21(2,3)25-33(13,14)29-37(30-34(15,16)26-22(4,5)6,31-35(17,18)27-23(7,8)9)32-36(19,20)28-24(10,11)12/h1-20H3. The molecule has 0 fully saturated rings. The lowest BCUT2D eigenvalue weighted by Crippen LogP contribution is -2.69. The number of rotatable bonds is 12. The molecule has 13 heteroatoms. The summed E-state index contributed by atoms with van der Waals surface area (Å²) in [5, 5.41) is 0. The maximum absolute atomic E-state index is 6.91. The summed E-state index contributed by atoms with van der Waals surface area (Å²) in [6.45, 7) is 40.1. The van der Waals surface area contributed by atoms with Crippen LogP contribution in [-0.2, 0) is 34.2 Å². The molecule has 224 valence electrons. The van der Waals surface area contributed by atoms with Gasteiger partial charge in [0, 0.05) is 0 Å². The molecule has 0 aromatic rings. The van der Waals surface area contributed by atoms with Gasteiger partial charge in [-0.15, -0.1) is 0 Å². The summed E-state index contributed by atoms with van der Waals surface area (Å²) in [5.41, 5.74) is -1.69. The fourth-order valence-electron chi connectivity index (χ4n) is 4.36. The summed E-state index contributed by atoms with van der Waals surface area (Å²) in [6, 6.07) is 0. The van der Waals surface area contributed by atoms with Gasteiger partial charge in [-0.1, -0.05) is 0 Å². The highest BCUT2D eigenvalue weighted by Crippen LogP contribution is 2.35. The Labute approximate surface area is 234 Å². The molecular formula is C24H60O8Si5. The smallest absolute Gasteiger partial charge is 0.390 e. The molecule has 0 radical (unpaired) electrons. The molecule has 0 N–H and O–H groups in total. The summed E-state index contributed by atoms with van der Waals surface area (Å²) < 4.78 is 53.5. The summed E-state index contributed by atoms with van der Waals surface area (Å²) in [4.78, 5) is 0. The largest absolute Gasteiger partial charge is 0.643 e. The third-order valence-electron chi connectivity index (χ3n) is 3.69. The molecule has 0 saturated heterocycles. The summed E-state index contributed by atoms with van der Waals surface area (Å²) in [6.07, 6.45) is 0. The minimum atomic E-state index is -3.99. The van der Waals surface area contributed by atoms with Crippen LogP contribution in [0.2, 0.25) is 52.4 Å². The van der Waals surface area contributed by atoms with Crippen molar-refractivity contribution in [1.29, 1.82) is 0 Å². The van der Waals surface area contributed by atoms with Crippen molar-refractivity contribution < 1.29 is 34.2 Å². The minimum Gasteiger partial charge on any atom is -0.390 e. The Morgan fingerprint density at radius 2 is 0.432 bits per heavy atom. The van der Waals surface area contributed by atoms with E-state index in [-0.39, 0.29) is 0 Å². The van der Waals surface area contributed by atoms with E-state index in [4.69, 9.17) is 34.2 Å². The van der Waals surface area contributed by atoms with Gasteiger partial charge in [-0.3, -0.25) is 0 Å². The van der Waals surface area contributed by atoms with E-state index in [9.17, 15) is 0 Å². The monoisotopic (exact) mass is 616 g/mol. The second-order valence-corrected chi connectivity index (χ2v) is 31.6. The van der Waals surface area contributed by atoms with E-state index in [1.54, 1.807) is 0 Å². The van der Waals surface area contributed by atoms with Gasteiger partial charge in [0.1, 0.15) is 0 Å². The molecule has 0 aliphatic rings. The lowest BCUT2D eigenvalue weighted by Gasteiger charge is -2.47. The van der Waals surface area contributed by atoms with E-state index in [0.717, 1.165) is 0 Å². The molecule has 0 spiro atoms. The van der Waals surface area contributed by atoms with Crippen LogP contribution >= 0.6 is 0 Å². The summed E-state index contributed by atoms with van der Waals surface area (Å²) >= 11 is 0. The quantitative estimate of drug-likeness (QED) is 0.208. The van der Waals surface area contributed by atoms with Crippen molar-refractivity contribution in [2.24, 2.45) is 0 Å². The second kappa shape index (κ2) is 11.9. The molecule has 0 bridgehead atoms. The van der Waals surface area contributed by atoms with Crippen LogP contribution in [0.25, 0.3) is 0 Å². The lowest BCUT2D eigenvalue weighted by molar-refractivity contribution is 0.0130. The first-order valence-corrected chi connectivity index (χ1v) is 26.2. The van der Waals surface area contributed by atoms with Gasteiger partial charge in [-0.2, -0.15) is 0 Å². The van der Waals surface area contributed by atoms with Crippen LogP contribution in [0.3, 0.4) is 0 Å². The van der Waals surface area contributed by atoms with Crippen LogP contribution in [0, 0.1) is 0 Å². The van der Waals surface area contributed by atoms with Crippen molar-refractivity contribution in [2.75, 3.05) is 0 Å². The molecule has 0 atom stereocenters. The van der Waals surface area contributed by atoms with Gasteiger partial charge in [0.15, 0.2) is 0 Å². The van der Waals surface area contributed by atoms with Gasteiger partial charge in [0.05, 0.1) is 22.4 Å². The zero-order valence-corrected chi connectivity index (χ0v) is 32.8. The Bertz CT molecular complexity index is 604. The third kappa shape index (κ3) is 18.7. The zero-order chi connectivity index (χ0) is 30.2. The first-order valence-electron chi connectivity index (χ1n) is 13.3. The molecule has 0 unspecified atom stereocenters. The van der Waals surface area contributed by atoms with Crippen LogP contribution in [0.4, 0.5) is 0 Å². The van der Waals surface area contributed by atoms with Crippen LogP contribution in [0.5, 0.6) is 0 Å². The Morgan fingerprint density at radius 3 is 0.541 bits per heavy atom. The van der Waals surface area contributed by atoms with Gasteiger partial charge >= 0.3 is 43.3 Å². The SMILES string of the molecule is CC(C)(C)O[Si](C)(C)O[Si](O[Si](C)(C)OC(C)(C)C)(O[Si](C)(C)OC(C)(C)C)O[Si](C)(C)OC(C)(C)C.